The fraction of sp³-hybridized carbons (Fsp3) is 0.500. The highest BCUT2D eigenvalue weighted by Gasteiger charge is 2.23. The van der Waals surface area contributed by atoms with E-state index in [0.29, 0.717) is 0 Å². The average molecular weight is 356 g/mol. The predicted molar refractivity (Wildman–Crippen MR) is 92.0 cm³/mol. The molecule has 0 atom stereocenters. The molecular weight excluding hydrogens is 338 g/mol. The maximum absolute atomic E-state index is 11.4. The molecule has 118 valence electrons. The first-order valence-corrected chi connectivity index (χ1v) is 9.89. The summed E-state index contributed by atoms with van der Waals surface area (Å²) in [7, 11) is 3.55. The largest absolute Gasteiger partial charge is 0.468 e. The Bertz CT molecular complexity index is 717. The first-order valence-electron chi connectivity index (χ1n) is 6.86. The first-order chi connectivity index (χ1) is 10.6. The lowest BCUT2D eigenvalue weighted by molar-refractivity contribution is -0.137. The van der Waals surface area contributed by atoms with Crippen LogP contribution in [0.15, 0.2) is 10.2 Å². The molecule has 1 aliphatic heterocycles. The number of rotatable bonds is 4. The van der Waals surface area contributed by atoms with Gasteiger partial charge in [0.2, 0.25) is 0 Å². The number of carbonyl (C=O) groups excluding carboxylic acids is 1. The summed E-state index contributed by atoms with van der Waals surface area (Å²) in [5.74, 6) is 0.0484. The molecule has 0 bridgehead atoms. The summed E-state index contributed by atoms with van der Waals surface area (Å²) in [6.07, 6.45) is 2.98. The summed E-state index contributed by atoms with van der Waals surface area (Å²) in [4.78, 5) is 25.5. The van der Waals surface area contributed by atoms with E-state index in [2.05, 4.69) is 21.9 Å². The summed E-state index contributed by atoms with van der Waals surface area (Å²) in [5.41, 5.74) is 1.36. The van der Waals surface area contributed by atoms with Crippen molar-refractivity contribution in [3.05, 3.63) is 10.4 Å². The maximum Gasteiger partial charge on any atom is 0.316 e. The van der Waals surface area contributed by atoms with Gasteiger partial charge in [-0.25, -0.2) is 9.97 Å². The van der Waals surface area contributed by atoms with Crippen molar-refractivity contribution in [1.82, 2.24) is 14.9 Å². The number of hydrogen-bond acceptors (Lipinski definition) is 8. The molecule has 8 heteroatoms. The highest BCUT2D eigenvalue weighted by Crippen LogP contribution is 2.39. The van der Waals surface area contributed by atoms with Crippen LogP contribution in [0, 0.1) is 0 Å². The van der Waals surface area contributed by atoms with E-state index < -0.39 is 0 Å². The van der Waals surface area contributed by atoms with Crippen molar-refractivity contribution in [2.45, 2.75) is 23.1 Å². The van der Waals surface area contributed by atoms with E-state index in [4.69, 9.17) is 4.74 Å². The van der Waals surface area contributed by atoms with Crippen LogP contribution in [0.2, 0.25) is 0 Å². The van der Waals surface area contributed by atoms with Crippen LogP contribution in [-0.4, -0.2) is 53.5 Å². The molecule has 0 unspecified atom stereocenters. The Labute approximate surface area is 141 Å². The molecule has 0 spiro atoms. The van der Waals surface area contributed by atoms with Crippen LogP contribution in [-0.2, 0) is 22.5 Å². The number of thioether (sulfide) groups is 2. The van der Waals surface area contributed by atoms with E-state index in [0.717, 1.165) is 39.9 Å². The molecule has 0 radical (unpaired) electrons. The maximum atomic E-state index is 11.4. The normalized spacial score (nSPS) is 15.0. The summed E-state index contributed by atoms with van der Waals surface area (Å²) in [5, 5.41) is 2.80. The molecule has 3 heterocycles. The average Bonchev–Trinajstić information content (AvgIpc) is 2.89. The summed E-state index contributed by atoms with van der Waals surface area (Å²) < 4.78 is 4.74. The zero-order chi connectivity index (χ0) is 15.7. The second kappa shape index (κ2) is 6.74. The third kappa shape index (κ3) is 3.10. The van der Waals surface area contributed by atoms with Crippen LogP contribution >= 0.6 is 34.9 Å². The van der Waals surface area contributed by atoms with Gasteiger partial charge in [-0.3, -0.25) is 4.79 Å². The van der Waals surface area contributed by atoms with E-state index in [1.54, 1.807) is 11.3 Å². The van der Waals surface area contributed by atoms with E-state index in [9.17, 15) is 4.79 Å². The minimum atomic E-state index is -0.230. The van der Waals surface area contributed by atoms with Crippen molar-refractivity contribution < 1.29 is 9.53 Å². The summed E-state index contributed by atoms with van der Waals surface area (Å²) in [6, 6.07) is 0. The monoisotopic (exact) mass is 355 g/mol. The van der Waals surface area contributed by atoms with E-state index >= 15 is 0 Å². The Morgan fingerprint density at radius 1 is 1.45 bits per heavy atom. The van der Waals surface area contributed by atoms with Crippen molar-refractivity contribution >= 4 is 51.0 Å². The highest BCUT2D eigenvalue weighted by atomic mass is 32.2. The molecule has 0 amide bonds. The van der Waals surface area contributed by atoms with Gasteiger partial charge in [-0.15, -0.1) is 11.3 Å². The number of ether oxygens (including phenoxy) is 1. The number of carbonyl (C=O) groups is 1. The molecule has 0 fully saturated rings. The van der Waals surface area contributed by atoms with Crippen molar-refractivity contribution in [3.8, 4) is 0 Å². The van der Waals surface area contributed by atoms with Crippen molar-refractivity contribution in [1.29, 1.82) is 0 Å². The van der Waals surface area contributed by atoms with Gasteiger partial charge in [-0.05, 0) is 25.3 Å². The van der Waals surface area contributed by atoms with E-state index in [1.165, 1.54) is 41.1 Å². The van der Waals surface area contributed by atoms with Gasteiger partial charge in [0.15, 0.2) is 5.16 Å². The number of hydrogen-bond donors (Lipinski definition) is 0. The molecule has 0 aliphatic carbocycles. The molecule has 1 aliphatic rings. The minimum absolute atomic E-state index is 0.230. The fourth-order valence-electron chi connectivity index (χ4n) is 2.45. The second-order valence-corrected chi connectivity index (χ2v) is 7.87. The lowest BCUT2D eigenvalue weighted by Gasteiger charge is -2.22. The Balaban J connectivity index is 2.06. The molecule has 2 aromatic heterocycles. The molecule has 0 aromatic carbocycles. The molecule has 0 N–H and O–H groups in total. The number of esters is 1. The molecule has 2 aromatic rings. The van der Waals surface area contributed by atoms with Gasteiger partial charge in [0.1, 0.15) is 9.86 Å². The van der Waals surface area contributed by atoms with Crippen LogP contribution < -0.4 is 0 Å². The third-order valence-corrected chi connectivity index (χ3v) is 6.18. The number of thiophene rings is 1. The zero-order valence-corrected chi connectivity index (χ0v) is 15.2. The van der Waals surface area contributed by atoms with Crippen LogP contribution in [0.3, 0.4) is 0 Å². The van der Waals surface area contributed by atoms with Gasteiger partial charge >= 0.3 is 5.97 Å². The lowest BCUT2D eigenvalue weighted by atomic mass is 10.1. The number of methoxy groups -OCH3 is 1. The SMILES string of the molecule is COC(=O)CSc1nc(SC)nc2sc3c(c12)CCN(C)C3. The smallest absolute Gasteiger partial charge is 0.316 e. The number of fused-ring (bicyclic) bond motifs is 3. The molecule has 22 heavy (non-hydrogen) atoms. The molecule has 0 saturated carbocycles. The van der Waals surface area contributed by atoms with Gasteiger partial charge in [0.25, 0.3) is 0 Å². The van der Waals surface area contributed by atoms with Crippen LogP contribution in [0.25, 0.3) is 10.2 Å². The van der Waals surface area contributed by atoms with Crippen molar-refractivity contribution in [2.75, 3.05) is 32.7 Å². The molecule has 5 nitrogen and oxygen atoms in total. The molecule has 0 saturated heterocycles. The Morgan fingerprint density at radius 3 is 3.00 bits per heavy atom. The highest BCUT2D eigenvalue weighted by molar-refractivity contribution is 8.00. The Hall–Kier alpha value is -0.830. The van der Waals surface area contributed by atoms with Crippen molar-refractivity contribution in [3.63, 3.8) is 0 Å². The Kier molecular flexibility index (Phi) is 4.91. The van der Waals surface area contributed by atoms with Gasteiger partial charge in [-0.2, -0.15) is 0 Å². The lowest BCUT2D eigenvalue weighted by Crippen LogP contribution is -2.25. The molecule has 3 rings (SSSR count). The van der Waals surface area contributed by atoms with Crippen LogP contribution in [0.5, 0.6) is 0 Å². The third-order valence-electron chi connectivity index (χ3n) is 3.57. The summed E-state index contributed by atoms with van der Waals surface area (Å²) in [6.45, 7) is 2.01. The van der Waals surface area contributed by atoms with Gasteiger partial charge in [0.05, 0.1) is 12.9 Å². The topological polar surface area (TPSA) is 55.3 Å². The fourth-order valence-corrected chi connectivity index (χ4v) is 5.19. The van der Waals surface area contributed by atoms with E-state index in [1.807, 2.05) is 6.26 Å². The zero-order valence-electron chi connectivity index (χ0n) is 12.7. The molecular formula is C14H17N3O2S3. The standard InChI is InChI=1S/C14H17N3O2S3/c1-17-5-4-8-9(6-17)22-13-11(8)12(15-14(16-13)20-3)21-7-10(18)19-2/h4-7H2,1-3H3. The number of nitrogens with zero attached hydrogens (tertiary/aromatic N) is 3. The van der Waals surface area contributed by atoms with E-state index in [-0.39, 0.29) is 11.7 Å². The van der Waals surface area contributed by atoms with Gasteiger partial charge in [-0.1, -0.05) is 23.5 Å². The minimum Gasteiger partial charge on any atom is -0.468 e. The first kappa shape index (κ1) is 16.0. The number of likely N-dealkylation sites (N-methyl/N-ethyl adjacent to an activating group) is 1. The Morgan fingerprint density at radius 2 is 2.27 bits per heavy atom. The second-order valence-electron chi connectivity index (χ2n) is 5.05. The summed E-state index contributed by atoms with van der Waals surface area (Å²) >= 11 is 4.72. The van der Waals surface area contributed by atoms with Crippen LogP contribution in [0.1, 0.15) is 10.4 Å². The number of aromatic nitrogens is 2. The predicted octanol–water partition coefficient (Wildman–Crippen LogP) is 2.67. The van der Waals surface area contributed by atoms with Gasteiger partial charge in [0, 0.05) is 23.4 Å². The van der Waals surface area contributed by atoms with Gasteiger partial charge < -0.3 is 9.64 Å². The quantitative estimate of drug-likeness (QED) is 0.362. The van der Waals surface area contributed by atoms with Crippen LogP contribution in [0.4, 0.5) is 0 Å². The van der Waals surface area contributed by atoms with Crippen molar-refractivity contribution in [2.24, 2.45) is 0 Å².